The topological polar surface area (TPSA) is 33.4 Å². The first kappa shape index (κ1) is 27.3. The summed E-state index contributed by atoms with van der Waals surface area (Å²) < 4.78 is 7.38. The van der Waals surface area contributed by atoms with Gasteiger partial charge in [0.1, 0.15) is 0 Å². The Morgan fingerprint density at radius 3 is 2.46 bits per heavy atom. The van der Waals surface area contributed by atoms with Gasteiger partial charge in [-0.05, 0) is 67.4 Å². The van der Waals surface area contributed by atoms with Crippen molar-refractivity contribution in [3.8, 4) is 5.69 Å². The molecule has 2 aliphatic rings. The Labute approximate surface area is 237 Å². The molecule has 2 aromatic carbocycles. The van der Waals surface area contributed by atoms with Crippen molar-refractivity contribution in [2.45, 2.75) is 56.8 Å². The fourth-order valence-corrected chi connectivity index (χ4v) is 6.85. The van der Waals surface area contributed by atoms with Crippen LogP contribution in [0.2, 0.25) is 0 Å². The molecule has 0 unspecified atom stereocenters. The minimum Gasteiger partial charge on any atom is -0.469 e. The number of unbranched alkanes of at least 4 members (excludes halogenated alkanes) is 1. The highest BCUT2D eigenvalue weighted by Crippen LogP contribution is 2.46. The Balaban J connectivity index is 1.50. The van der Waals surface area contributed by atoms with E-state index < -0.39 is 0 Å². The number of ether oxygens (including phenoxy) is 1. The van der Waals surface area contributed by atoms with E-state index >= 15 is 0 Å². The number of carbonyl (C=O) groups is 1. The largest absolute Gasteiger partial charge is 0.469 e. The van der Waals surface area contributed by atoms with Crippen molar-refractivity contribution in [1.82, 2.24) is 0 Å². The molecule has 1 aromatic heterocycles. The van der Waals surface area contributed by atoms with E-state index in [1.165, 1.54) is 51.7 Å². The molecule has 0 atom stereocenters. The lowest BCUT2D eigenvalue weighted by molar-refractivity contribution is -0.604. The predicted octanol–water partition coefficient (Wildman–Crippen LogP) is 7.75. The van der Waals surface area contributed by atoms with E-state index in [-0.39, 0.29) is 11.9 Å². The maximum Gasteiger partial charge on any atom is 0.308 e. The number of benzene rings is 2. The van der Waals surface area contributed by atoms with Gasteiger partial charge in [-0.25, -0.2) is 0 Å². The van der Waals surface area contributed by atoms with Crippen LogP contribution in [0.15, 0.2) is 94.5 Å². The first-order valence-electron chi connectivity index (χ1n) is 14.2. The van der Waals surface area contributed by atoms with E-state index in [4.69, 9.17) is 4.74 Å². The summed E-state index contributed by atoms with van der Waals surface area (Å²) in [7, 11) is 3.66. The number of aromatic nitrogens is 1. The Morgan fingerprint density at radius 2 is 1.74 bits per heavy atom. The first-order chi connectivity index (χ1) is 19.1. The highest BCUT2D eigenvalue weighted by molar-refractivity contribution is 8.03. The monoisotopic (exact) mass is 539 g/mol. The smallest absolute Gasteiger partial charge is 0.308 e. The van der Waals surface area contributed by atoms with Gasteiger partial charge in [-0.3, -0.25) is 4.79 Å². The number of hydrogen-bond donors (Lipinski definition) is 0. The molecule has 0 bridgehead atoms. The van der Waals surface area contributed by atoms with Crippen LogP contribution in [0.25, 0.3) is 11.8 Å². The van der Waals surface area contributed by atoms with Gasteiger partial charge < -0.3 is 9.64 Å². The number of rotatable bonds is 8. The van der Waals surface area contributed by atoms with E-state index in [1.54, 1.807) is 0 Å². The molecule has 2 heterocycles. The van der Waals surface area contributed by atoms with E-state index in [0.717, 1.165) is 38.5 Å². The number of methoxy groups -OCH3 is 1. The lowest BCUT2D eigenvalue weighted by Crippen LogP contribution is -2.35. The normalized spacial score (nSPS) is 20.2. The van der Waals surface area contributed by atoms with Gasteiger partial charge in [-0.2, -0.15) is 4.57 Å². The molecule has 1 fully saturated rings. The third kappa shape index (κ3) is 6.30. The number of fused-ring (bicyclic) bond motifs is 1. The molecular weight excluding hydrogens is 500 g/mol. The summed E-state index contributed by atoms with van der Waals surface area (Å²) in [4.78, 5) is 15.8. The van der Waals surface area contributed by atoms with Crippen LogP contribution in [0.1, 0.15) is 56.7 Å². The summed E-state index contributed by atoms with van der Waals surface area (Å²) in [5.41, 5.74) is 6.37. The summed E-state index contributed by atoms with van der Waals surface area (Å²) in [6, 6.07) is 23.8. The molecule has 0 spiro atoms. The number of carbonyl (C=O) groups excluding carboxylic acids is 1. The van der Waals surface area contributed by atoms with Gasteiger partial charge in [0, 0.05) is 42.6 Å². The zero-order chi connectivity index (χ0) is 27.2. The first-order valence-corrected chi connectivity index (χ1v) is 15.0. The van der Waals surface area contributed by atoms with E-state index in [0.29, 0.717) is 5.92 Å². The van der Waals surface area contributed by atoms with Crippen LogP contribution in [-0.2, 0) is 16.0 Å². The summed E-state index contributed by atoms with van der Waals surface area (Å²) in [5, 5.41) is 1.25. The Bertz CT molecular complexity index is 1360. The van der Waals surface area contributed by atoms with Gasteiger partial charge in [0.2, 0.25) is 5.69 Å². The standard InChI is InChI=1S/C34H39N2O2S/c1-4-5-11-30-23-25(20-21-36(30)29-12-7-6-8-13-29)22-28(26-16-18-27(19-17-26)34(37)38-3)24-33-35(2)31-14-9-10-15-32(31)39-33/h6-10,12-15,20-24,26-27H,4-5,11,16-19H2,1-3H3/q+1. The molecule has 1 aliphatic carbocycles. The van der Waals surface area contributed by atoms with Gasteiger partial charge in [0.25, 0.3) is 0 Å². The fourth-order valence-electron chi connectivity index (χ4n) is 5.74. The molecule has 1 aliphatic heterocycles. The average Bonchev–Trinajstić information content (AvgIpc) is 3.30. The Hall–Kier alpha value is -3.31. The quantitative estimate of drug-likeness (QED) is 0.216. The molecule has 4 nitrogen and oxygen atoms in total. The van der Waals surface area contributed by atoms with Crippen LogP contribution < -0.4 is 9.47 Å². The van der Waals surface area contributed by atoms with Crippen LogP contribution in [0.4, 0.5) is 5.69 Å². The number of esters is 1. The molecule has 3 aromatic rings. The second kappa shape index (κ2) is 12.7. The third-order valence-corrected chi connectivity index (χ3v) is 9.17. The Kier molecular flexibility index (Phi) is 8.88. The van der Waals surface area contributed by atoms with Crippen molar-refractivity contribution in [1.29, 1.82) is 0 Å². The number of pyridine rings is 1. The number of hydrogen-bond acceptors (Lipinski definition) is 4. The van der Waals surface area contributed by atoms with Gasteiger partial charge in [0.05, 0.1) is 23.7 Å². The zero-order valence-electron chi connectivity index (χ0n) is 23.3. The molecule has 0 N–H and O–H groups in total. The molecule has 202 valence electrons. The van der Waals surface area contributed by atoms with Crippen LogP contribution >= 0.6 is 11.8 Å². The lowest BCUT2D eigenvalue weighted by Gasteiger charge is -2.28. The fraction of sp³-hybridized carbons (Fsp3) is 0.353. The highest BCUT2D eigenvalue weighted by atomic mass is 32.2. The number of para-hydroxylation sites is 2. The summed E-state index contributed by atoms with van der Waals surface area (Å²) >= 11 is 1.84. The second-order valence-corrected chi connectivity index (χ2v) is 11.7. The van der Waals surface area contributed by atoms with E-state index in [9.17, 15) is 4.79 Å². The maximum atomic E-state index is 12.2. The van der Waals surface area contributed by atoms with Crippen LogP contribution in [0.5, 0.6) is 0 Å². The van der Waals surface area contributed by atoms with Gasteiger partial charge in [-0.1, -0.05) is 61.5 Å². The second-order valence-electron chi connectivity index (χ2n) is 10.6. The minimum absolute atomic E-state index is 0.0233. The van der Waals surface area contributed by atoms with Crippen molar-refractivity contribution in [2.24, 2.45) is 11.8 Å². The van der Waals surface area contributed by atoms with Gasteiger partial charge in [-0.15, -0.1) is 0 Å². The number of anilines is 1. The number of allylic oxidation sites excluding steroid dienone is 2. The summed E-state index contributed by atoms with van der Waals surface area (Å²) in [5.74, 6) is 0.375. The molecule has 1 saturated carbocycles. The van der Waals surface area contributed by atoms with Crippen molar-refractivity contribution < 1.29 is 14.1 Å². The molecule has 0 amide bonds. The molecule has 5 heteroatoms. The lowest BCUT2D eigenvalue weighted by atomic mass is 9.78. The minimum atomic E-state index is -0.0621. The van der Waals surface area contributed by atoms with Gasteiger partial charge in [0.15, 0.2) is 11.9 Å². The number of nitrogens with zero attached hydrogens (tertiary/aromatic N) is 2. The van der Waals surface area contributed by atoms with Gasteiger partial charge >= 0.3 is 5.97 Å². The number of aryl methyl sites for hydroxylation is 1. The SMILES string of the molecule is CCCCc1cc(/C=C(/C=C2/Sc3ccccc3N2C)C2CCC(C(=O)OC)CC2)cc[n+]1-c1ccccc1. The highest BCUT2D eigenvalue weighted by Gasteiger charge is 2.29. The van der Waals surface area contributed by atoms with Crippen molar-refractivity contribution in [3.05, 3.63) is 101 Å². The Morgan fingerprint density at radius 1 is 1.03 bits per heavy atom. The van der Waals surface area contributed by atoms with Crippen molar-refractivity contribution >= 4 is 29.5 Å². The summed E-state index contributed by atoms with van der Waals surface area (Å²) in [6.07, 6.45) is 14.1. The van der Waals surface area contributed by atoms with Crippen molar-refractivity contribution in [2.75, 3.05) is 19.1 Å². The summed E-state index contributed by atoms with van der Waals surface area (Å²) in [6.45, 7) is 2.25. The van der Waals surface area contributed by atoms with Crippen LogP contribution in [0, 0.1) is 11.8 Å². The van der Waals surface area contributed by atoms with Crippen LogP contribution in [0.3, 0.4) is 0 Å². The zero-order valence-corrected chi connectivity index (χ0v) is 24.1. The average molecular weight is 540 g/mol. The molecule has 0 saturated heterocycles. The number of thioether (sulfide) groups is 1. The predicted molar refractivity (Wildman–Crippen MR) is 161 cm³/mol. The third-order valence-electron chi connectivity index (χ3n) is 8.01. The molecule has 5 rings (SSSR count). The van der Waals surface area contributed by atoms with E-state index in [2.05, 4.69) is 109 Å². The van der Waals surface area contributed by atoms with E-state index in [1.807, 2.05) is 11.8 Å². The molecule has 0 radical (unpaired) electrons. The maximum absolute atomic E-state index is 12.2. The van der Waals surface area contributed by atoms with Crippen molar-refractivity contribution in [3.63, 3.8) is 0 Å². The van der Waals surface area contributed by atoms with Crippen LogP contribution in [-0.4, -0.2) is 20.1 Å². The molecular formula is C34H39N2O2S+. The molecule has 39 heavy (non-hydrogen) atoms.